The highest BCUT2D eigenvalue weighted by atomic mass is 32.2. The van der Waals surface area contributed by atoms with Crippen LogP contribution in [0.2, 0.25) is 0 Å². The van der Waals surface area contributed by atoms with Gasteiger partial charge in [0.25, 0.3) is 10.2 Å². The molecule has 0 aromatic heterocycles. The molecule has 2 rings (SSSR count). The third-order valence-corrected chi connectivity index (χ3v) is 6.18. The molecule has 1 atom stereocenters. The molecular formula is C13H24N4O2S. The zero-order chi connectivity index (χ0) is 14.6. The van der Waals surface area contributed by atoms with Crippen LogP contribution >= 0.6 is 0 Å². The van der Waals surface area contributed by atoms with Crippen LogP contribution in [0.4, 0.5) is 0 Å². The lowest BCUT2D eigenvalue weighted by molar-refractivity contribution is 0.152. The summed E-state index contributed by atoms with van der Waals surface area (Å²) < 4.78 is 28.0. The molecule has 0 bridgehead atoms. The van der Waals surface area contributed by atoms with Crippen LogP contribution < -0.4 is 0 Å². The Morgan fingerprint density at radius 3 is 2.10 bits per heavy atom. The first-order chi connectivity index (χ1) is 9.59. The molecule has 20 heavy (non-hydrogen) atoms. The van der Waals surface area contributed by atoms with E-state index in [1.807, 2.05) is 0 Å². The van der Waals surface area contributed by atoms with Gasteiger partial charge in [0.05, 0.1) is 12.1 Å². The fourth-order valence-corrected chi connectivity index (χ4v) is 4.60. The normalized spacial score (nSPS) is 24.6. The Bertz CT molecular complexity index is 445. The van der Waals surface area contributed by atoms with Gasteiger partial charge >= 0.3 is 0 Å². The van der Waals surface area contributed by atoms with Crippen molar-refractivity contribution in [2.24, 2.45) is 0 Å². The summed E-state index contributed by atoms with van der Waals surface area (Å²) >= 11 is 0. The molecular weight excluding hydrogens is 276 g/mol. The predicted octanol–water partition coefficient (Wildman–Crippen LogP) is 0.637. The molecule has 2 heterocycles. The number of hydrogen-bond donors (Lipinski definition) is 0. The van der Waals surface area contributed by atoms with Gasteiger partial charge in [-0.15, -0.1) is 0 Å². The van der Waals surface area contributed by atoms with Crippen LogP contribution in [0.15, 0.2) is 0 Å². The summed E-state index contributed by atoms with van der Waals surface area (Å²) in [6.07, 6.45) is 3.76. The highest BCUT2D eigenvalue weighted by Crippen LogP contribution is 2.19. The first kappa shape index (κ1) is 15.7. The van der Waals surface area contributed by atoms with Crippen LogP contribution in [0.25, 0.3) is 0 Å². The van der Waals surface area contributed by atoms with E-state index in [0.717, 1.165) is 25.7 Å². The van der Waals surface area contributed by atoms with Crippen molar-refractivity contribution in [3.8, 4) is 6.07 Å². The van der Waals surface area contributed by atoms with Crippen LogP contribution in [0.3, 0.4) is 0 Å². The molecule has 2 aliphatic heterocycles. The Morgan fingerprint density at radius 1 is 1.05 bits per heavy atom. The average Bonchev–Trinajstić information content (AvgIpc) is 3.00. The number of piperazine rings is 1. The number of nitrogens with zero attached hydrogens (tertiary/aromatic N) is 4. The zero-order valence-corrected chi connectivity index (χ0v) is 13.0. The van der Waals surface area contributed by atoms with Crippen LogP contribution in [-0.4, -0.2) is 67.2 Å². The van der Waals surface area contributed by atoms with Crippen molar-refractivity contribution in [1.29, 1.82) is 5.26 Å². The molecule has 2 saturated heterocycles. The zero-order valence-electron chi connectivity index (χ0n) is 12.2. The Balaban J connectivity index is 1.92. The highest BCUT2D eigenvalue weighted by molar-refractivity contribution is 7.86. The molecule has 2 aliphatic rings. The summed E-state index contributed by atoms with van der Waals surface area (Å²) in [5.74, 6) is 0. The van der Waals surface area contributed by atoms with Crippen molar-refractivity contribution in [2.45, 2.75) is 38.6 Å². The number of hydrogen-bond acceptors (Lipinski definition) is 4. The topological polar surface area (TPSA) is 67.6 Å². The van der Waals surface area contributed by atoms with Gasteiger partial charge in [-0.25, -0.2) is 0 Å². The molecule has 0 aromatic carbocycles. The van der Waals surface area contributed by atoms with Gasteiger partial charge in [0, 0.05) is 39.3 Å². The predicted molar refractivity (Wildman–Crippen MR) is 77.2 cm³/mol. The Morgan fingerprint density at radius 2 is 1.60 bits per heavy atom. The van der Waals surface area contributed by atoms with E-state index in [1.54, 1.807) is 8.61 Å². The Labute approximate surface area is 122 Å². The monoisotopic (exact) mass is 300 g/mol. The molecule has 0 aromatic rings. The van der Waals surface area contributed by atoms with Crippen LogP contribution in [0.5, 0.6) is 0 Å². The van der Waals surface area contributed by atoms with E-state index >= 15 is 0 Å². The van der Waals surface area contributed by atoms with Crippen LogP contribution in [-0.2, 0) is 10.2 Å². The molecule has 114 valence electrons. The largest absolute Gasteiger partial charge is 0.285 e. The van der Waals surface area contributed by atoms with Crippen molar-refractivity contribution < 1.29 is 8.42 Å². The van der Waals surface area contributed by atoms with Crippen LogP contribution in [0, 0.1) is 11.3 Å². The summed E-state index contributed by atoms with van der Waals surface area (Å²) in [6, 6.07) is 2.26. The first-order valence-corrected chi connectivity index (χ1v) is 8.88. The molecule has 0 radical (unpaired) electrons. The van der Waals surface area contributed by atoms with Gasteiger partial charge in [-0.3, -0.25) is 4.90 Å². The van der Waals surface area contributed by atoms with Crippen molar-refractivity contribution in [2.75, 3.05) is 39.3 Å². The number of nitriles is 1. The molecule has 0 aliphatic carbocycles. The lowest BCUT2D eigenvalue weighted by atomic mass is 10.1. The van der Waals surface area contributed by atoms with Gasteiger partial charge in [-0.1, -0.05) is 13.3 Å². The van der Waals surface area contributed by atoms with Crippen molar-refractivity contribution in [3.05, 3.63) is 0 Å². The van der Waals surface area contributed by atoms with Crippen molar-refractivity contribution in [1.82, 2.24) is 13.5 Å². The minimum Gasteiger partial charge on any atom is -0.285 e. The van der Waals surface area contributed by atoms with Crippen molar-refractivity contribution >= 4 is 10.2 Å². The summed E-state index contributed by atoms with van der Waals surface area (Å²) in [5.41, 5.74) is 0. The Kier molecular flexibility index (Phi) is 5.38. The van der Waals surface area contributed by atoms with Crippen molar-refractivity contribution in [3.63, 3.8) is 0 Å². The quantitative estimate of drug-likeness (QED) is 0.747. The van der Waals surface area contributed by atoms with E-state index in [2.05, 4.69) is 17.9 Å². The van der Waals surface area contributed by atoms with E-state index in [9.17, 15) is 13.7 Å². The second-order valence-electron chi connectivity index (χ2n) is 5.48. The van der Waals surface area contributed by atoms with E-state index in [4.69, 9.17) is 0 Å². The number of rotatable bonds is 5. The van der Waals surface area contributed by atoms with E-state index in [-0.39, 0.29) is 6.04 Å². The van der Waals surface area contributed by atoms with Gasteiger partial charge in [-0.05, 0) is 19.3 Å². The minimum atomic E-state index is -3.27. The smallest absolute Gasteiger partial charge is 0.282 e. The van der Waals surface area contributed by atoms with E-state index < -0.39 is 10.2 Å². The highest BCUT2D eigenvalue weighted by Gasteiger charge is 2.34. The van der Waals surface area contributed by atoms with E-state index in [0.29, 0.717) is 39.3 Å². The molecule has 0 spiro atoms. The summed E-state index contributed by atoms with van der Waals surface area (Å²) in [4.78, 5) is 2.11. The van der Waals surface area contributed by atoms with Gasteiger partial charge in [0.15, 0.2) is 0 Å². The molecule has 6 nitrogen and oxygen atoms in total. The Hall–Kier alpha value is -0.680. The maximum atomic E-state index is 12.4. The van der Waals surface area contributed by atoms with E-state index in [1.165, 1.54) is 0 Å². The van der Waals surface area contributed by atoms with Gasteiger partial charge in [-0.2, -0.15) is 22.3 Å². The fraction of sp³-hybridized carbons (Fsp3) is 0.923. The molecule has 0 amide bonds. The third-order valence-electron chi connectivity index (χ3n) is 4.14. The molecule has 0 N–H and O–H groups in total. The summed E-state index contributed by atoms with van der Waals surface area (Å²) in [5, 5.41) is 9.18. The molecule has 1 unspecified atom stereocenters. The maximum absolute atomic E-state index is 12.4. The molecule has 2 fully saturated rings. The van der Waals surface area contributed by atoms with Crippen LogP contribution in [0.1, 0.15) is 32.6 Å². The SMILES string of the molecule is CCCC(C#N)N1CCN(S(=O)(=O)N2CCCC2)CC1. The lowest BCUT2D eigenvalue weighted by Gasteiger charge is -2.37. The first-order valence-electron chi connectivity index (χ1n) is 7.48. The van der Waals surface area contributed by atoms with Gasteiger partial charge in [0.2, 0.25) is 0 Å². The average molecular weight is 300 g/mol. The molecule has 7 heteroatoms. The van der Waals surface area contributed by atoms with Gasteiger partial charge < -0.3 is 0 Å². The fourth-order valence-electron chi connectivity index (χ4n) is 2.93. The standard InChI is InChI=1S/C13H24N4O2S/c1-2-5-13(12-14)15-8-10-17(11-9-15)20(18,19)16-6-3-4-7-16/h13H,2-11H2,1H3. The second-order valence-corrected chi connectivity index (χ2v) is 7.41. The minimum absolute atomic E-state index is 0.0726. The second kappa shape index (κ2) is 6.85. The third kappa shape index (κ3) is 3.31. The summed E-state index contributed by atoms with van der Waals surface area (Å²) in [6.45, 7) is 5.69. The molecule has 0 saturated carbocycles. The van der Waals surface area contributed by atoms with Gasteiger partial charge in [0.1, 0.15) is 0 Å². The summed E-state index contributed by atoms with van der Waals surface area (Å²) in [7, 11) is -3.27. The lowest BCUT2D eigenvalue weighted by Crippen LogP contribution is -2.54. The maximum Gasteiger partial charge on any atom is 0.282 e.